The van der Waals surface area contributed by atoms with E-state index in [4.69, 9.17) is 9.47 Å². The third-order valence-electron chi connectivity index (χ3n) is 4.96. The number of carbonyl (C=O) groups excluding carboxylic acids is 1. The lowest BCUT2D eigenvalue weighted by Crippen LogP contribution is -2.31. The van der Waals surface area contributed by atoms with Crippen LogP contribution in [0.2, 0.25) is 0 Å². The third kappa shape index (κ3) is 3.99. The molecule has 2 heterocycles. The van der Waals surface area contributed by atoms with Crippen LogP contribution in [0.1, 0.15) is 21.5 Å². The van der Waals surface area contributed by atoms with Gasteiger partial charge in [-0.15, -0.1) is 0 Å². The van der Waals surface area contributed by atoms with E-state index in [0.717, 1.165) is 19.5 Å². The van der Waals surface area contributed by atoms with Crippen LogP contribution in [-0.2, 0) is 13.0 Å². The highest BCUT2D eigenvalue weighted by atomic mass is 16.5. The molecule has 1 aliphatic heterocycles. The average molecular weight is 390 g/mol. The van der Waals surface area contributed by atoms with Gasteiger partial charge in [0, 0.05) is 37.2 Å². The molecule has 0 unspecified atom stereocenters. The van der Waals surface area contributed by atoms with Gasteiger partial charge in [-0.3, -0.25) is 4.79 Å². The fourth-order valence-corrected chi connectivity index (χ4v) is 3.39. The zero-order valence-corrected chi connectivity index (χ0v) is 16.4. The van der Waals surface area contributed by atoms with E-state index in [-0.39, 0.29) is 5.91 Å². The van der Waals surface area contributed by atoms with Gasteiger partial charge in [0.15, 0.2) is 11.5 Å². The molecule has 1 N–H and O–H groups in total. The van der Waals surface area contributed by atoms with Gasteiger partial charge in [0.25, 0.3) is 5.91 Å². The molecule has 148 valence electrons. The maximum atomic E-state index is 12.5. The number of fused-ring (bicyclic) bond motifs is 1. The first-order valence-electron chi connectivity index (χ1n) is 9.35. The minimum Gasteiger partial charge on any atom is -0.493 e. The summed E-state index contributed by atoms with van der Waals surface area (Å²) < 4.78 is 10.5. The van der Waals surface area contributed by atoms with Crippen molar-refractivity contribution in [3.8, 4) is 11.5 Å². The number of anilines is 2. The number of ether oxygens (including phenoxy) is 2. The van der Waals surface area contributed by atoms with Gasteiger partial charge < -0.3 is 19.7 Å². The van der Waals surface area contributed by atoms with Crippen molar-refractivity contribution >= 4 is 17.5 Å². The second kappa shape index (κ2) is 8.18. The van der Waals surface area contributed by atoms with E-state index in [1.807, 2.05) is 6.07 Å². The van der Waals surface area contributed by atoms with Gasteiger partial charge in [0.05, 0.1) is 19.8 Å². The number of rotatable bonds is 5. The molecule has 0 fully saturated rings. The normalized spacial score (nSPS) is 12.8. The molecule has 0 atom stereocenters. The fourth-order valence-electron chi connectivity index (χ4n) is 3.39. The van der Waals surface area contributed by atoms with Crippen LogP contribution in [0.4, 0.5) is 11.6 Å². The van der Waals surface area contributed by atoms with E-state index in [2.05, 4.69) is 38.4 Å². The first-order valence-corrected chi connectivity index (χ1v) is 9.35. The molecule has 0 saturated heterocycles. The van der Waals surface area contributed by atoms with Crippen LogP contribution in [0.15, 0.2) is 54.9 Å². The van der Waals surface area contributed by atoms with Gasteiger partial charge in [-0.2, -0.15) is 0 Å². The van der Waals surface area contributed by atoms with Crippen LogP contribution in [0.5, 0.6) is 11.5 Å². The number of carbonyl (C=O) groups is 1. The molecule has 0 spiro atoms. The van der Waals surface area contributed by atoms with Gasteiger partial charge in [0.2, 0.25) is 5.95 Å². The molecule has 0 saturated carbocycles. The first kappa shape index (κ1) is 18.7. The SMILES string of the molecule is COc1ccc(NC(=O)c2cnc(N3CCc4ccccc4C3)nc2)cc1OC. The summed E-state index contributed by atoms with van der Waals surface area (Å²) in [5, 5.41) is 2.83. The Morgan fingerprint density at radius 1 is 1.00 bits per heavy atom. The summed E-state index contributed by atoms with van der Waals surface area (Å²) in [6, 6.07) is 13.6. The third-order valence-corrected chi connectivity index (χ3v) is 4.96. The van der Waals surface area contributed by atoms with Crippen molar-refractivity contribution in [1.82, 2.24) is 9.97 Å². The topological polar surface area (TPSA) is 76.6 Å². The summed E-state index contributed by atoms with van der Waals surface area (Å²) in [6.45, 7) is 1.63. The number of hydrogen-bond acceptors (Lipinski definition) is 6. The van der Waals surface area contributed by atoms with Gasteiger partial charge in [-0.05, 0) is 29.7 Å². The zero-order chi connectivity index (χ0) is 20.2. The van der Waals surface area contributed by atoms with Crippen LogP contribution < -0.4 is 19.7 Å². The van der Waals surface area contributed by atoms with Crippen molar-refractivity contribution in [2.45, 2.75) is 13.0 Å². The highest BCUT2D eigenvalue weighted by Crippen LogP contribution is 2.30. The summed E-state index contributed by atoms with van der Waals surface area (Å²) in [6.07, 6.45) is 4.07. The minimum atomic E-state index is -0.284. The van der Waals surface area contributed by atoms with E-state index in [1.54, 1.807) is 44.8 Å². The molecule has 1 aromatic heterocycles. The Morgan fingerprint density at radius 3 is 2.45 bits per heavy atom. The molecule has 4 rings (SSSR count). The molecule has 1 aliphatic rings. The van der Waals surface area contributed by atoms with E-state index < -0.39 is 0 Å². The molecule has 7 heteroatoms. The molecule has 1 amide bonds. The molecule has 3 aromatic rings. The Labute approximate surface area is 169 Å². The predicted molar refractivity (Wildman–Crippen MR) is 111 cm³/mol. The molecule has 0 bridgehead atoms. The van der Waals surface area contributed by atoms with E-state index in [0.29, 0.717) is 28.7 Å². The second-order valence-corrected chi connectivity index (χ2v) is 6.74. The van der Waals surface area contributed by atoms with Gasteiger partial charge in [-0.25, -0.2) is 9.97 Å². The maximum absolute atomic E-state index is 12.5. The van der Waals surface area contributed by atoms with Gasteiger partial charge in [-0.1, -0.05) is 24.3 Å². The summed E-state index contributed by atoms with van der Waals surface area (Å²) >= 11 is 0. The van der Waals surface area contributed by atoms with Crippen LogP contribution in [0, 0.1) is 0 Å². The summed E-state index contributed by atoms with van der Waals surface area (Å²) in [5.41, 5.74) is 3.65. The molecule has 2 aromatic carbocycles. The van der Waals surface area contributed by atoms with Crippen molar-refractivity contribution in [3.05, 3.63) is 71.5 Å². The molecule has 0 aliphatic carbocycles. The number of nitrogens with one attached hydrogen (secondary N) is 1. The van der Waals surface area contributed by atoms with Crippen molar-refractivity contribution in [1.29, 1.82) is 0 Å². The standard InChI is InChI=1S/C22H22N4O3/c1-28-19-8-7-18(11-20(19)29-2)25-21(27)17-12-23-22(24-13-17)26-10-9-15-5-3-4-6-16(15)14-26/h3-8,11-13H,9-10,14H2,1-2H3,(H,25,27). The van der Waals surface area contributed by atoms with Crippen LogP contribution in [0.3, 0.4) is 0 Å². The smallest absolute Gasteiger partial charge is 0.258 e. The van der Waals surface area contributed by atoms with E-state index in [9.17, 15) is 4.79 Å². The highest BCUT2D eigenvalue weighted by Gasteiger charge is 2.18. The lowest BCUT2D eigenvalue weighted by molar-refractivity contribution is 0.102. The summed E-state index contributed by atoms with van der Waals surface area (Å²) in [7, 11) is 3.12. The first-order chi connectivity index (χ1) is 14.2. The Hall–Kier alpha value is -3.61. The quantitative estimate of drug-likeness (QED) is 0.720. The number of benzene rings is 2. The second-order valence-electron chi connectivity index (χ2n) is 6.74. The highest BCUT2D eigenvalue weighted by molar-refractivity contribution is 6.04. The van der Waals surface area contributed by atoms with E-state index in [1.165, 1.54) is 11.1 Å². The largest absolute Gasteiger partial charge is 0.493 e. The monoisotopic (exact) mass is 390 g/mol. The summed E-state index contributed by atoms with van der Waals surface area (Å²) in [4.78, 5) is 23.5. The van der Waals surface area contributed by atoms with Crippen molar-refractivity contribution in [2.24, 2.45) is 0 Å². The maximum Gasteiger partial charge on any atom is 0.258 e. The van der Waals surface area contributed by atoms with Crippen LogP contribution >= 0.6 is 0 Å². The zero-order valence-electron chi connectivity index (χ0n) is 16.4. The minimum absolute atomic E-state index is 0.284. The van der Waals surface area contributed by atoms with E-state index >= 15 is 0 Å². The van der Waals surface area contributed by atoms with Crippen LogP contribution in [-0.4, -0.2) is 36.6 Å². The number of aromatic nitrogens is 2. The van der Waals surface area contributed by atoms with Gasteiger partial charge >= 0.3 is 0 Å². The molecular formula is C22H22N4O3. The van der Waals surface area contributed by atoms with Crippen molar-refractivity contribution in [2.75, 3.05) is 31.0 Å². The molecule has 29 heavy (non-hydrogen) atoms. The Bertz CT molecular complexity index is 1020. The lowest BCUT2D eigenvalue weighted by Gasteiger charge is -2.28. The number of methoxy groups -OCH3 is 2. The fraction of sp³-hybridized carbons (Fsp3) is 0.227. The van der Waals surface area contributed by atoms with Crippen molar-refractivity contribution < 1.29 is 14.3 Å². The number of amides is 1. The Balaban J connectivity index is 1.45. The molecule has 7 nitrogen and oxygen atoms in total. The van der Waals surface area contributed by atoms with Crippen molar-refractivity contribution in [3.63, 3.8) is 0 Å². The Kier molecular flexibility index (Phi) is 5.29. The summed E-state index contributed by atoms with van der Waals surface area (Å²) in [5.74, 6) is 1.48. The van der Waals surface area contributed by atoms with Crippen LogP contribution in [0.25, 0.3) is 0 Å². The molecular weight excluding hydrogens is 368 g/mol. The molecule has 0 radical (unpaired) electrons. The number of hydrogen-bond donors (Lipinski definition) is 1. The lowest BCUT2D eigenvalue weighted by atomic mass is 10.0. The predicted octanol–water partition coefficient (Wildman–Crippen LogP) is 3.31. The Morgan fingerprint density at radius 2 is 1.72 bits per heavy atom. The number of nitrogens with zero attached hydrogens (tertiary/aromatic N) is 3. The van der Waals surface area contributed by atoms with Gasteiger partial charge in [0.1, 0.15) is 0 Å². The average Bonchev–Trinajstić information content (AvgIpc) is 2.78.